The number of anilines is 2. The molecule has 1 aliphatic rings. The van der Waals surface area contributed by atoms with Crippen molar-refractivity contribution in [3.05, 3.63) is 42.0 Å². The van der Waals surface area contributed by atoms with E-state index in [2.05, 4.69) is 52.9 Å². The number of carbonyl (C=O) groups excluding carboxylic acids is 1. The molecule has 0 aliphatic carbocycles. The van der Waals surface area contributed by atoms with E-state index in [9.17, 15) is 4.79 Å². The van der Waals surface area contributed by atoms with Crippen molar-refractivity contribution < 1.29 is 9.53 Å². The van der Waals surface area contributed by atoms with Crippen molar-refractivity contribution in [1.29, 1.82) is 0 Å². The second kappa shape index (κ2) is 10.5. The van der Waals surface area contributed by atoms with E-state index in [0.717, 1.165) is 40.7 Å². The molecule has 1 heterocycles. The summed E-state index contributed by atoms with van der Waals surface area (Å²) in [6, 6.07) is 12.2. The van der Waals surface area contributed by atoms with E-state index < -0.39 is 0 Å². The fourth-order valence-corrected chi connectivity index (χ4v) is 4.73. The molecule has 0 fully saturated rings. The number of benzene rings is 2. The number of rotatable bonds is 10. The third-order valence-electron chi connectivity index (χ3n) is 5.22. The quantitative estimate of drug-likeness (QED) is 0.519. The molecule has 0 bridgehead atoms. The van der Waals surface area contributed by atoms with Gasteiger partial charge in [-0.05, 0) is 69.7 Å². The SMILES string of the molecule is CCOc1ccc2c(c1)SC(N=Nc1ccc(N(CC)CC)cc1C)N2CCC(N)=O. The summed E-state index contributed by atoms with van der Waals surface area (Å²) in [6.07, 6.45) is 0.261. The first-order valence-corrected chi connectivity index (χ1v) is 11.6. The Balaban J connectivity index is 1.83. The lowest BCUT2D eigenvalue weighted by Crippen LogP contribution is -2.31. The maximum Gasteiger partial charge on any atom is 0.219 e. The summed E-state index contributed by atoms with van der Waals surface area (Å²) in [6.45, 7) is 11.4. The Morgan fingerprint density at radius 1 is 1.19 bits per heavy atom. The number of nitrogens with zero attached hydrogens (tertiary/aromatic N) is 4. The molecule has 0 aromatic heterocycles. The number of amides is 1. The van der Waals surface area contributed by atoms with Gasteiger partial charge in [0.25, 0.3) is 0 Å². The molecule has 0 saturated carbocycles. The van der Waals surface area contributed by atoms with Gasteiger partial charge in [-0.2, -0.15) is 10.2 Å². The normalized spacial score (nSPS) is 15.4. The maximum absolute atomic E-state index is 11.4. The Kier molecular flexibility index (Phi) is 7.79. The van der Waals surface area contributed by atoms with Crippen LogP contribution in [0.2, 0.25) is 0 Å². The van der Waals surface area contributed by atoms with Gasteiger partial charge < -0.3 is 20.3 Å². The molecular formula is C23H31N5O2S. The summed E-state index contributed by atoms with van der Waals surface area (Å²) in [7, 11) is 0. The number of carbonyl (C=O) groups is 1. The first-order valence-electron chi connectivity index (χ1n) is 10.7. The number of primary amides is 1. The van der Waals surface area contributed by atoms with Gasteiger partial charge in [0.1, 0.15) is 5.75 Å². The third kappa shape index (κ3) is 5.50. The fraction of sp³-hybridized carbons (Fsp3) is 0.435. The molecule has 2 aromatic rings. The smallest absolute Gasteiger partial charge is 0.219 e. The van der Waals surface area contributed by atoms with Crippen molar-refractivity contribution in [3.63, 3.8) is 0 Å². The van der Waals surface area contributed by atoms with Gasteiger partial charge in [-0.25, -0.2) is 0 Å². The van der Waals surface area contributed by atoms with Gasteiger partial charge in [0, 0.05) is 36.6 Å². The lowest BCUT2D eigenvalue weighted by atomic mass is 10.1. The Bertz CT molecular complexity index is 946. The lowest BCUT2D eigenvalue weighted by Gasteiger charge is -2.23. The highest BCUT2D eigenvalue weighted by atomic mass is 32.2. The summed E-state index contributed by atoms with van der Waals surface area (Å²) >= 11 is 1.60. The zero-order chi connectivity index (χ0) is 22.4. The first-order chi connectivity index (χ1) is 15.0. The van der Waals surface area contributed by atoms with Crippen LogP contribution in [0.25, 0.3) is 0 Å². The zero-order valence-electron chi connectivity index (χ0n) is 18.7. The minimum atomic E-state index is -0.331. The Morgan fingerprint density at radius 3 is 2.61 bits per heavy atom. The van der Waals surface area contributed by atoms with Gasteiger partial charge in [-0.3, -0.25) is 4.79 Å². The van der Waals surface area contributed by atoms with E-state index in [1.165, 1.54) is 5.69 Å². The highest BCUT2D eigenvalue weighted by Crippen LogP contribution is 2.46. The predicted octanol–water partition coefficient (Wildman–Crippen LogP) is 5.09. The van der Waals surface area contributed by atoms with Gasteiger partial charge in [-0.15, -0.1) is 0 Å². The van der Waals surface area contributed by atoms with Gasteiger partial charge >= 0.3 is 0 Å². The van der Waals surface area contributed by atoms with E-state index in [1.54, 1.807) is 11.8 Å². The molecule has 31 heavy (non-hydrogen) atoms. The average molecular weight is 442 g/mol. The van der Waals surface area contributed by atoms with E-state index in [4.69, 9.17) is 10.5 Å². The van der Waals surface area contributed by atoms with Crippen LogP contribution in [0.15, 0.2) is 51.5 Å². The van der Waals surface area contributed by atoms with Gasteiger partial charge in [0.2, 0.25) is 5.91 Å². The summed E-state index contributed by atoms with van der Waals surface area (Å²) in [5.74, 6) is 0.493. The zero-order valence-corrected chi connectivity index (χ0v) is 19.5. The van der Waals surface area contributed by atoms with Crippen LogP contribution in [0, 0.1) is 6.92 Å². The first kappa shape index (κ1) is 22.9. The van der Waals surface area contributed by atoms with Crippen LogP contribution in [-0.2, 0) is 4.79 Å². The lowest BCUT2D eigenvalue weighted by molar-refractivity contribution is -0.117. The summed E-state index contributed by atoms with van der Waals surface area (Å²) in [5.41, 5.74) is 9.27. The van der Waals surface area contributed by atoms with Crippen molar-refractivity contribution in [2.24, 2.45) is 16.0 Å². The van der Waals surface area contributed by atoms with Crippen LogP contribution in [0.4, 0.5) is 17.1 Å². The molecule has 1 unspecified atom stereocenters. The van der Waals surface area contributed by atoms with Crippen LogP contribution in [0.5, 0.6) is 5.75 Å². The van der Waals surface area contributed by atoms with Crippen LogP contribution in [0.1, 0.15) is 32.8 Å². The number of aryl methyl sites for hydroxylation is 1. The summed E-state index contributed by atoms with van der Waals surface area (Å²) < 4.78 is 5.63. The van der Waals surface area contributed by atoms with Crippen LogP contribution in [0.3, 0.4) is 0 Å². The number of fused-ring (bicyclic) bond motifs is 1. The van der Waals surface area contributed by atoms with Crippen molar-refractivity contribution in [1.82, 2.24) is 0 Å². The molecule has 2 aromatic carbocycles. The number of ether oxygens (including phenoxy) is 1. The number of hydrogen-bond acceptors (Lipinski definition) is 7. The molecule has 1 amide bonds. The molecule has 1 atom stereocenters. The van der Waals surface area contributed by atoms with Crippen LogP contribution < -0.4 is 20.3 Å². The minimum Gasteiger partial charge on any atom is -0.494 e. The Morgan fingerprint density at radius 2 is 1.97 bits per heavy atom. The van der Waals surface area contributed by atoms with Crippen molar-refractivity contribution in [3.8, 4) is 5.75 Å². The van der Waals surface area contributed by atoms with Gasteiger partial charge in [0.15, 0.2) is 5.50 Å². The molecular weight excluding hydrogens is 410 g/mol. The van der Waals surface area contributed by atoms with Crippen LogP contribution in [-0.4, -0.2) is 37.6 Å². The second-order valence-corrected chi connectivity index (χ2v) is 8.37. The molecule has 0 spiro atoms. The minimum absolute atomic E-state index is 0.256. The molecule has 166 valence electrons. The number of hydrogen-bond donors (Lipinski definition) is 1. The number of nitrogens with two attached hydrogens (primary N) is 1. The largest absolute Gasteiger partial charge is 0.494 e. The number of azo groups is 1. The molecule has 1 aliphatic heterocycles. The predicted molar refractivity (Wildman–Crippen MR) is 128 cm³/mol. The van der Waals surface area contributed by atoms with E-state index in [1.807, 2.05) is 31.2 Å². The summed E-state index contributed by atoms with van der Waals surface area (Å²) in [5, 5.41) is 9.18. The van der Waals surface area contributed by atoms with Gasteiger partial charge in [-0.1, -0.05) is 11.8 Å². The third-order valence-corrected chi connectivity index (χ3v) is 6.36. The molecule has 8 heteroatoms. The van der Waals surface area contributed by atoms with Gasteiger partial charge in [0.05, 0.1) is 18.0 Å². The topological polar surface area (TPSA) is 83.5 Å². The highest BCUT2D eigenvalue weighted by molar-refractivity contribution is 8.00. The van der Waals surface area contributed by atoms with Crippen molar-refractivity contribution in [2.45, 2.75) is 44.5 Å². The maximum atomic E-state index is 11.4. The van der Waals surface area contributed by atoms with Crippen molar-refractivity contribution in [2.75, 3.05) is 36.0 Å². The Labute approximate surface area is 188 Å². The molecule has 7 nitrogen and oxygen atoms in total. The second-order valence-electron chi connectivity index (χ2n) is 7.27. The number of thioether (sulfide) groups is 1. The molecule has 2 N–H and O–H groups in total. The summed E-state index contributed by atoms with van der Waals surface area (Å²) in [4.78, 5) is 16.8. The molecule has 0 radical (unpaired) electrons. The molecule has 3 rings (SSSR count). The van der Waals surface area contributed by atoms with E-state index in [-0.39, 0.29) is 17.8 Å². The molecule has 0 saturated heterocycles. The van der Waals surface area contributed by atoms with E-state index >= 15 is 0 Å². The highest BCUT2D eigenvalue weighted by Gasteiger charge is 2.30. The van der Waals surface area contributed by atoms with Crippen LogP contribution >= 0.6 is 11.8 Å². The van der Waals surface area contributed by atoms with Crippen molar-refractivity contribution >= 4 is 34.7 Å². The fourth-order valence-electron chi connectivity index (χ4n) is 3.58. The Hall–Kier alpha value is -2.74. The van der Waals surface area contributed by atoms with E-state index in [0.29, 0.717) is 13.2 Å². The standard InChI is InChI=1S/C23H31N5O2S/c1-5-27(6-2)17-8-10-19(16(4)14-17)25-26-23-28(13-12-22(24)29)20-11-9-18(30-7-3)15-21(20)31-23/h8-11,14-15,23H,5-7,12-13H2,1-4H3,(H2,24,29). The monoisotopic (exact) mass is 441 g/mol. The average Bonchev–Trinajstić information content (AvgIpc) is 3.09.